The number of likely N-dealkylation sites (N-methyl/N-ethyl adjacent to an activating group) is 1. The predicted octanol–water partition coefficient (Wildman–Crippen LogP) is 4.34. The number of halogens is 2. The van der Waals surface area contributed by atoms with Crippen LogP contribution in [-0.4, -0.2) is 38.3 Å². The zero-order valence-corrected chi connectivity index (χ0v) is 16.6. The molecule has 0 atom stereocenters. The first-order valence-corrected chi connectivity index (χ1v) is 12.0. The van der Waals surface area contributed by atoms with Crippen LogP contribution in [-0.2, 0) is 21.9 Å². The molecule has 0 amide bonds. The molecule has 1 aromatic carbocycles. The van der Waals surface area contributed by atoms with Crippen LogP contribution in [0.2, 0.25) is 0 Å². The SMILES string of the molecule is CN(C)CCN=Cc1ccc(C(C)(C)C)cc1.[Cl][Pt][Cl]. The molecule has 0 saturated heterocycles. The van der Waals surface area contributed by atoms with Crippen molar-refractivity contribution in [2.24, 2.45) is 4.99 Å². The van der Waals surface area contributed by atoms with E-state index in [-0.39, 0.29) is 5.41 Å². The molecule has 5 heteroatoms. The average Bonchev–Trinajstić information content (AvgIpc) is 2.35. The van der Waals surface area contributed by atoms with Gasteiger partial charge < -0.3 is 4.90 Å². The second kappa shape index (κ2) is 10.8. The predicted molar refractivity (Wildman–Crippen MR) is 87.9 cm³/mol. The third kappa shape index (κ3) is 9.93. The Morgan fingerprint density at radius 3 is 2.05 bits per heavy atom. The standard InChI is InChI=1S/C15H24N2.2ClH.Pt/c1-15(2,3)14-8-6-13(7-9-14)12-16-10-11-17(4)5;;;/h6-9,12H,10-11H2,1-5H3;2*1H;/q;;;+2/p-2. The fourth-order valence-corrected chi connectivity index (χ4v) is 1.50. The van der Waals surface area contributed by atoms with Crippen LogP contribution in [0, 0.1) is 0 Å². The van der Waals surface area contributed by atoms with E-state index in [0.717, 1.165) is 13.1 Å². The summed E-state index contributed by atoms with van der Waals surface area (Å²) in [5.74, 6) is 0. The fraction of sp³-hybridized carbons (Fsp3) is 0.533. The molecule has 1 rings (SSSR count). The molecule has 1 aromatic rings. The van der Waals surface area contributed by atoms with Crippen LogP contribution in [0.15, 0.2) is 29.3 Å². The van der Waals surface area contributed by atoms with E-state index in [9.17, 15) is 0 Å². The molecule has 0 aliphatic carbocycles. The molecule has 0 bridgehead atoms. The Labute approximate surface area is 140 Å². The van der Waals surface area contributed by atoms with E-state index in [2.05, 4.69) is 69.0 Å². The van der Waals surface area contributed by atoms with Crippen LogP contribution in [0.25, 0.3) is 0 Å². The maximum atomic E-state index is 4.88. The molecule has 0 spiro atoms. The molecule has 0 fully saturated rings. The van der Waals surface area contributed by atoms with Gasteiger partial charge in [0.1, 0.15) is 0 Å². The van der Waals surface area contributed by atoms with Crippen molar-refractivity contribution < 1.29 is 16.5 Å². The van der Waals surface area contributed by atoms with Gasteiger partial charge in [-0.05, 0) is 30.6 Å². The molecule has 0 radical (unpaired) electrons. The van der Waals surface area contributed by atoms with Crippen molar-refractivity contribution >= 4 is 25.1 Å². The van der Waals surface area contributed by atoms with E-state index < -0.39 is 16.5 Å². The topological polar surface area (TPSA) is 15.6 Å². The summed E-state index contributed by atoms with van der Waals surface area (Å²) >= 11 is -0.472. The summed E-state index contributed by atoms with van der Waals surface area (Å²) in [5.41, 5.74) is 2.76. The van der Waals surface area contributed by atoms with E-state index in [0.29, 0.717) is 0 Å². The Morgan fingerprint density at radius 2 is 1.65 bits per heavy atom. The van der Waals surface area contributed by atoms with Gasteiger partial charge in [-0.3, -0.25) is 4.99 Å². The zero-order chi connectivity index (χ0) is 15.6. The Balaban J connectivity index is 0.00000110. The van der Waals surface area contributed by atoms with Gasteiger partial charge in [0, 0.05) is 12.8 Å². The summed E-state index contributed by atoms with van der Waals surface area (Å²) in [7, 11) is 13.9. The third-order valence-corrected chi connectivity index (χ3v) is 2.69. The van der Waals surface area contributed by atoms with Gasteiger partial charge in [-0.2, -0.15) is 0 Å². The van der Waals surface area contributed by atoms with Crippen molar-refractivity contribution in [2.75, 3.05) is 27.2 Å². The molecule has 20 heavy (non-hydrogen) atoms. The fourth-order valence-electron chi connectivity index (χ4n) is 1.50. The number of benzene rings is 1. The first-order chi connectivity index (χ1) is 9.31. The van der Waals surface area contributed by atoms with Crippen molar-refractivity contribution in [2.45, 2.75) is 26.2 Å². The first kappa shape index (κ1) is 20.1. The monoisotopic (exact) mass is 497 g/mol. The summed E-state index contributed by atoms with van der Waals surface area (Å²) in [4.78, 5) is 6.55. The van der Waals surface area contributed by atoms with Gasteiger partial charge in [0.2, 0.25) is 0 Å². The minimum atomic E-state index is -0.472. The van der Waals surface area contributed by atoms with Gasteiger partial charge in [0.25, 0.3) is 0 Å². The maximum absolute atomic E-state index is 4.88. The number of hydrogen-bond acceptors (Lipinski definition) is 2. The number of aliphatic imine (C=N–C) groups is 1. The quantitative estimate of drug-likeness (QED) is 0.565. The van der Waals surface area contributed by atoms with Gasteiger partial charge in [-0.1, -0.05) is 45.0 Å². The number of hydrogen-bond donors (Lipinski definition) is 0. The summed E-state index contributed by atoms with van der Waals surface area (Å²) < 4.78 is 0. The number of nitrogens with zero attached hydrogens (tertiary/aromatic N) is 2. The van der Waals surface area contributed by atoms with Crippen LogP contribution in [0.1, 0.15) is 31.9 Å². The van der Waals surface area contributed by atoms with Crippen molar-refractivity contribution in [3.63, 3.8) is 0 Å². The Morgan fingerprint density at radius 1 is 1.15 bits per heavy atom. The van der Waals surface area contributed by atoms with Crippen LogP contribution >= 0.6 is 18.8 Å². The van der Waals surface area contributed by atoms with Crippen molar-refractivity contribution in [1.82, 2.24) is 4.90 Å². The molecule has 0 saturated carbocycles. The summed E-state index contributed by atoms with van der Waals surface area (Å²) in [6, 6.07) is 8.65. The van der Waals surface area contributed by atoms with Crippen LogP contribution in [0.3, 0.4) is 0 Å². The van der Waals surface area contributed by atoms with Crippen molar-refractivity contribution in [1.29, 1.82) is 0 Å². The van der Waals surface area contributed by atoms with E-state index in [4.69, 9.17) is 18.8 Å². The summed E-state index contributed by atoms with van der Waals surface area (Å²) in [5, 5.41) is 0. The minimum absolute atomic E-state index is 0.223. The molecule has 118 valence electrons. The van der Waals surface area contributed by atoms with Gasteiger partial charge in [0.05, 0.1) is 6.54 Å². The van der Waals surface area contributed by atoms with E-state index >= 15 is 0 Å². The average molecular weight is 498 g/mol. The zero-order valence-electron chi connectivity index (χ0n) is 12.8. The molecule has 0 N–H and O–H groups in total. The molecular formula is C15H24Cl2N2Pt. The van der Waals surface area contributed by atoms with E-state index in [1.807, 2.05) is 6.21 Å². The first-order valence-electron chi connectivity index (χ1n) is 6.38. The molecule has 0 heterocycles. The van der Waals surface area contributed by atoms with Crippen LogP contribution in [0.5, 0.6) is 0 Å². The van der Waals surface area contributed by atoms with Crippen LogP contribution in [0.4, 0.5) is 0 Å². The summed E-state index contributed by atoms with van der Waals surface area (Å²) in [6.45, 7) is 8.54. The third-order valence-electron chi connectivity index (χ3n) is 2.69. The Kier molecular flexibility index (Phi) is 10.9. The summed E-state index contributed by atoms with van der Waals surface area (Å²) in [6.07, 6.45) is 1.95. The molecule has 2 nitrogen and oxygen atoms in total. The number of rotatable bonds is 4. The van der Waals surface area contributed by atoms with Gasteiger partial charge in [0.15, 0.2) is 0 Å². The van der Waals surface area contributed by atoms with Crippen molar-refractivity contribution in [3.8, 4) is 0 Å². The van der Waals surface area contributed by atoms with Gasteiger partial charge in [-0.15, -0.1) is 0 Å². The van der Waals surface area contributed by atoms with Gasteiger partial charge >= 0.3 is 35.3 Å². The normalized spacial score (nSPS) is 11.8. The second-order valence-corrected chi connectivity index (χ2v) is 9.04. The molecular weight excluding hydrogens is 474 g/mol. The van der Waals surface area contributed by atoms with Crippen molar-refractivity contribution in [3.05, 3.63) is 35.4 Å². The van der Waals surface area contributed by atoms with Crippen LogP contribution < -0.4 is 0 Å². The molecule has 0 aromatic heterocycles. The Hall–Kier alpha value is 0.118. The molecule has 0 aliphatic rings. The van der Waals surface area contributed by atoms with E-state index in [1.165, 1.54) is 11.1 Å². The molecule has 0 aliphatic heterocycles. The molecule has 0 unspecified atom stereocenters. The van der Waals surface area contributed by atoms with Gasteiger partial charge in [-0.25, -0.2) is 0 Å². The Bertz CT molecular complexity index is 384. The second-order valence-electron chi connectivity index (χ2n) is 5.76. The van der Waals surface area contributed by atoms with E-state index in [1.54, 1.807) is 0 Å².